The number of carbonyl (C=O) groups is 1. The fourth-order valence-electron chi connectivity index (χ4n) is 1.93. The minimum atomic E-state index is -0.453. The molecule has 0 unspecified atom stereocenters. The molecule has 1 aromatic heterocycles. The summed E-state index contributed by atoms with van der Waals surface area (Å²) in [6.45, 7) is 5.06. The van der Waals surface area contributed by atoms with E-state index in [1.165, 1.54) is 4.88 Å². The maximum Gasteiger partial charge on any atom is 0.248 e. The van der Waals surface area contributed by atoms with Crippen molar-refractivity contribution in [3.63, 3.8) is 0 Å². The highest BCUT2D eigenvalue weighted by Gasteiger charge is 2.21. The average Bonchev–Trinajstić information content (AvgIpc) is 2.92. The van der Waals surface area contributed by atoms with Crippen LogP contribution >= 0.6 is 11.3 Å². The molecule has 0 atom stereocenters. The van der Waals surface area contributed by atoms with Crippen LogP contribution in [-0.4, -0.2) is 12.5 Å². The van der Waals surface area contributed by atoms with E-state index in [2.05, 4.69) is 30.6 Å². The Kier molecular flexibility index (Phi) is 3.99. The van der Waals surface area contributed by atoms with Crippen molar-refractivity contribution >= 4 is 28.6 Å². The zero-order valence-corrected chi connectivity index (χ0v) is 12.5. The predicted molar refractivity (Wildman–Crippen MR) is 85.2 cm³/mol. The lowest BCUT2D eigenvalue weighted by Gasteiger charge is -2.25. The Balaban J connectivity index is 2.15. The number of nitrogens with two attached hydrogens (primary N) is 2. The summed E-state index contributed by atoms with van der Waals surface area (Å²) >= 11 is 1.73. The molecule has 0 fully saturated rings. The third-order valence-corrected chi connectivity index (χ3v) is 4.48. The summed E-state index contributed by atoms with van der Waals surface area (Å²) in [5.74, 6) is -0.453. The first-order chi connectivity index (χ1) is 9.40. The highest BCUT2D eigenvalue weighted by Crippen LogP contribution is 2.29. The summed E-state index contributed by atoms with van der Waals surface area (Å²) in [4.78, 5) is 12.5. The second kappa shape index (κ2) is 5.54. The normalized spacial score (nSPS) is 11.3. The second-order valence-electron chi connectivity index (χ2n) is 5.38. The van der Waals surface area contributed by atoms with Crippen LogP contribution in [-0.2, 0) is 5.41 Å². The minimum absolute atomic E-state index is 0.0106. The number of carbonyl (C=O) groups excluding carboxylic acids is 1. The Hall–Kier alpha value is -2.01. The number of benzene rings is 1. The molecular weight excluding hydrogens is 270 g/mol. The number of hydrogen-bond acceptors (Lipinski definition) is 4. The van der Waals surface area contributed by atoms with Gasteiger partial charge in [-0.1, -0.05) is 19.9 Å². The van der Waals surface area contributed by atoms with Crippen molar-refractivity contribution in [3.8, 4) is 0 Å². The minimum Gasteiger partial charge on any atom is -0.397 e. The SMILES string of the molecule is CC(C)(CNc1cc(C(N)=O)ccc1N)c1cccs1. The maximum atomic E-state index is 11.2. The van der Waals surface area contributed by atoms with Crippen LogP contribution in [0.25, 0.3) is 0 Å². The molecule has 2 rings (SSSR count). The Morgan fingerprint density at radius 3 is 2.70 bits per heavy atom. The van der Waals surface area contributed by atoms with E-state index >= 15 is 0 Å². The fourth-order valence-corrected chi connectivity index (χ4v) is 2.78. The smallest absolute Gasteiger partial charge is 0.248 e. The number of thiophene rings is 1. The summed E-state index contributed by atoms with van der Waals surface area (Å²) in [5.41, 5.74) is 13.0. The van der Waals surface area contributed by atoms with Gasteiger partial charge in [0.05, 0.1) is 11.4 Å². The Morgan fingerprint density at radius 2 is 2.10 bits per heavy atom. The molecule has 4 nitrogen and oxygen atoms in total. The van der Waals surface area contributed by atoms with Crippen LogP contribution in [0, 0.1) is 0 Å². The van der Waals surface area contributed by atoms with Gasteiger partial charge in [0.1, 0.15) is 0 Å². The molecule has 0 saturated heterocycles. The maximum absolute atomic E-state index is 11.2. The van der Waals surface area contributed by atoms with Gasteiger partial charge in [0.15, 0.2) is 0 Å². The first-order valence-electron chi connectivity index (χ1n) is 6.37. The van der Waals surface area contributed by atoms with E-state index in [0.717, 1.165) is 12.2 Å². The van der Waals surface area contributed by atoms with Crippen molar-refractivity contribution in [2.24, 2.45) is 5.73 Å². The van der Waals surface area contributed by atoms with Crippen LogP contribution in [0.2, 0.25) is 0 Å². The number of nitrogen functional groups attached to an aromatic ring is 1. The van der Waals surface area contributed by atoms with Gasteiger partial charge in [-0.05, 0) is 29.6 Å². The second-order valence-corrected chi connectivity index (χ2v) is 6.33. The van der Waals surface area contributed by atoms with Crippen LogP contribution in [0.3, 0.4) is 0 Å². The highest BCUT2D eigenvalue weighted by molar-refractivity contribution is 7.10. The van der Waals surface area contributed by atoms with Gasteiger partial charge in [-0.2, -0.15) is 0 Å². The van der Waals surface area contributed by atoms with Crippen molar-refractivity contribution in [2.45, 2.75) is 19.3 Å². The van der Waals surface area contributed by atoms with E-state index in [-0.39, 0.29) is 5.41 Å². The quantitative estimate of drug-likeness (QED) is 0.740. The Labute approximate surface area is 122 Å². The van der Waals surface area contributed by atoms with Crippen LogP contribution in [0.5, 0.6) is 0 Å². The van der Waals surface area contributed by atoms with Gasteiger partial charge in [0.25, 0.3) is 0 Å². The van der Waals surface area contributed by atoms with Crippen LogP contribution in [0.1, 0.15) is 29.1 Å². The van der Waals surface area contributed by atoms with E-state index < -0.39 is 5.91 Å². The molecule has 5 N–H and O–H groups in total. The molecule has 20 heavy (non-hydrogen) atoms. The lowest BCUT2D eigenvalue weighted by molar-refractivity contribution is 0.100. The summed E-state index contributed by atoms with van der Waals surface area (Å²) < 4.78 is 0. The van der Waals surface area contributed by atoms with Gasteiger partial charge in [-0.25, -0.2) is 0 Å². The van der Waals surface area contributed by atoms with Gasteiger partial charge in [-0.3, -0.25) is 4.79 Å². The number of primary amides is 1. The summed E-state index contributed by atoms with van der Waals surface area (Å²) in [5, 5.41) is 5.38. The van der Waals surface area contributed by atoms with Gasteiger partial charge < -0.3 is 16.8 Å². The van der Waals surface area contributed by atoms with Crippen LogP contribution in [0.15, 0.2) is 35.7 Å². The van der Waals surface area contributed by atoms with Crippen molar-refractivity contribution in [1.82, 2.24) is 0 Å². The molecule has 0 spiro atoms. The van der Waals surface area contributed by atoms with Gasteiger partial charge in [0.2, 0.25) is 5.91 Å². The summed E-state index contributed by atoms with van der Waals surface area (Å²) in [6, 6.07) is 9.19. The van der Waals surface area contributed by atoms with Gasteiger partial charge >= 0.3 is 0 Å². The molecule has 1 aromatic carbocycles. The molecule has 5 heteroatoms. The first kappa shape index (κ1) is 14.4. The molecule has 1 heterocycles. The van der Waals surface area contributed by atoms with E-state index in [1.54, 1.807) is 29.5 Å². The topological polar surface area (TPSA) is 81.1 Å². The van der Waals surface area contributed by atoms with Crippen molar-refractivity contribution in [2.75, 3.05) is 17.6 Å². The number of nitrogens with one attached hydrogen (secondary N) is 1. The molecule has 0 saturated carbocycles. The number of rotatable bonds is 5. The lowest BCUT2D eigenvalue weighted by Crippen LogP contribution is -2.27. The molecule has 0 radical (unpaired) electrons. The first-order valence-corrected chi connectivity index (χ1v) is 7.25. The fraction of sp³-hybridized carbons (Fsp3) is 0.267. The zero-order valence-electron chi connectivity index (χ0n) is 11.6. The monoisotopic (exact) mass is 289 g/mol. The van der Waals surface area contributed by atoms with E-state index in [0.29, 0.717) is 11.3 Å². The molecule has 0 aliphatic heterocycles. The zero-order chi connectivity index (χ0) is 14.8. The standard InChI is InChI=1S/C15H19N3OS/c1-15(2,13-4-3-7-20-13)9-18-12-8-10(14(17)19)5-6-11(12)16/h3-8,18H,9,16H2,1-2H3,(H2,17,19). The van der Waals surface area contributed by atoms with Gasteiger partial charge in [-0.15, -0.1) is 11.3 Å². The van der Waals surface area contributed by atoms with Crippen LogP contribution < -0.4 is 16.8 Å². The van der Waals surface area contributed by atoms with Crippen molar-refractivity contribution < 1.29 is 4.79 Å². The molecule has 0 aliphatic carbocycles. The molecule has 0 aliphatic rings. The molecule has 1 amide bonds. The lowest BCUT2D eigenvalue weighted by atomic mass is 9.91. The van der Waals surface area contributed by atoms with E-state index in [9.17, 15) is 4.79 Å². The molecule has 2 aromatic rings. The average molecular weight is 289 g/mol. The third-order valence-electron chi connectivity index (χ3n) is 3.25. The molecule has 0 bridgehead atoms. The van der Waals surface area contributed by atoms with Crippen molar-refractivity contribution in [3.05, 3.63) is 46.2 Å². The van der Waals surface area contributed by atoms with E-state index in [4.69, 9.17) is 11.5 Å². The Bertz CT molecular complexity index is 606. The molecule has 106 valence electrons. The summed E-state index contributed by atoms with van der Waals surface area (Å²) in [6.07, 6.45) is 0. The number of anilines is 2. The predicted octanol–water partition coefficient (Wildman–Crippen LogP) is 2.82. The van der Waals surface area contributed by atoms with Crippen molar-refractivity contribution in [1.29, 1.82) is 0 Å². The number of hydrogen-bond donors (Lipinski definition) is 3. The Morgan fingerprint density at radius 1 is 1.35 bits per heavy atom. The summed E-state index contributed by atoms with van der Waals surface area (Å²) in [7, 11) is 0. The molecular formula is C15H19N3OS. The van der Waals surface area contributed by atoms with Crippen LogP contribution in [0.4, 0.5) is 11.4 Å². The highest BCUT2D eigenvalue weighted by atomic mass is 32.1. The number of amides is 1. The van der Waals surface area contributed by atoms with Gasteiger partial charge in [0, 0.05) is 22.4 Å². The largest absolute Gasteiger partial charge is 0.397 e. The third kappa shape index (κ3) is 3.11. The van der Waals surface area contributed by atoms with E-state index in [1.807, 2.05) is 6.07 Å².